The molecule has 7 heteroatoms. The molecular formula is C21H21F2N3O2. The Hall–Kier alpha value is -2.98. The van der Waals surface area contributed by atoms with Gasteiger partial charge in [0.25, 0.3) is 0 Å². The van der Waals surface area contributed by atoms with Crippen molar-refractivity contribution in [2.75, 3.05) is 26.2 Å². The van der Waals surface area contributed by atoms with E-state index in [2.05, 4.69) is 15.7 Å². The van der Waals surface area contributed by atoms with Crippen LogP contribution in [0.2, 0.25) is 0 Å². The summed E-state index contributed by atoms with van der Waals surface area (Å²) in [6, 6.07) is 15.8. The van der Waals surface area contributed by atoms with E-state index in [1.165, 1.54) is 12.1 Å². The average Bonchev–Trinajstić information content (AvgIpc) is 2.70. The third kappa shape index (κ3) is 5.51. The molecule has 0 aromatic heterocycles. The van der Waals surface area contributed by atoms with Gasteiger partial charge in [-0.05, 0) is 35.4 Å². The summed E-state index contributed by atoms with van der Waals surface area (Å²) in [7, 11) is 0. The number of nitriles is 1. The summed E-state index contributed by atoms with van der Waals surface area (Å²) in [6.07, 6.45) is 0.241. The number of halogens is 2. The molecule has 1 fully saturated rings. The predicted molar refractivity (Wildman–Crippen MR) is 99.8 cm³/mol. The number of carbonyl (C=O) groups excluding carboxylic acids is 1. The maximum absolute atomic E-state index is 12.5. The van der Waals surface area contributed by atoms with E-state index in [0.29, 0.717) is 18.7 Å². The minimum Gasteiger partial charge on any atom is -0.435 e. The van der Waals surface area contributed by atoms with Gasteiger partial charge in [-0.1, -0.05) is 24.3 Å². The first-order chi connectivity index (χ1) is 13.5. The van der Waals surface area contributed by atoms with E-state index in [-0.39, 0.29) is 18.1 Å². The highest BCUT2D eigenvalue weighted by atomic mass is 19.3. The average molecular weight is 385 g/mol. The fourth-order valence-electron chi connectivity index (χ4n) is 3.17. The molecule has 2 aromatic carbocycles. The molecule has 0 spiro atoms. The van der Waals surface area contributed by atoms with E-state index in [4.69, 9.17) is 5.26 Å². The van der Waals surface area contributed by atoms with Crippen molar-refractivity contribution in [1.82, 2.24) is 9.80 Å². The Balaban J connectivity index is 1.46. The van der Waals surface area contributed by atoms with Crippen LogP contribution in [0.4, 0.5) is 8.78 Å². The van der Waals surface area contributed by atoms with Crippen LogP contribution in [0.15, 0.2) is 48.5 Å². The lowest BCUT2D eigenvalue weighted by atomic mass is 10.1. The Morgan fingerprint density at radius 2 is 1.61 bits per heavy atom. The minimum atomic E-state index is -2.85. The van der Waals surface area contributed by atoms with Crippen LogP contribution in [0.3, 0.4) is 0 Å². The standard InChI is InChI=1S/C21H21F2N3O2/c22-21(23)28-19-7-5-16(6-8-19)13-20(27)26-11-9-25(10-12-26)15-18-3-1-17(14-24)2-4-18/h1-8,21H,9-13,15H2. The number of hydrogen-bond acceptors (Lipinski definition) is 4. The second-order valence-corrected chi connectivity index (χ2v) is 6.66. The molecular weight excluding hydrogens is 364 g/mol. The van der Waals surface area contributed by atoms with Gasteiger partial charge in [0, 0.05) is 32.7 Å². The van der Waals surface area contributed by atoms with Crippen LogP contribution in [-0.4, -0.2) is 48.5 Å². The SMILES string of the molecule is N#Cc1ccc(CN2CCN(C(=O)Cc3ccc(OC(F)F)cc3)CC2)cc1. The number of hydrogen-bond donors (Lipinski definition) is 0. The smallest absolute Gasteiger partial charge is 0.387 e. The first-order valence-corrected chi connectivity index (χ1v) is 9.06. The summed E-state index contributed by atoms with van der Waals surface area (Å²) in [5, 5.41) is 8.85. The molecule has 0 N–H and O–H groups in total. The first kappa shape index (κ1) is 19.8. The Bertz CT molecular complexity index is 824. The molecule has 5 nitrogen and oxygen atoms in total. The predicted octanol–water partition coefficient (Wildman–Crippen LogP) is 3.05. The van der Waals surface area contributed by atoms with Crippen molar-refractivity contribution in [1.29, 1.82) is 5.26 Å². The van der Waals surface area contributed by atoms with Crippen molar-refractivity contribution in [3.63, 3.8) is 0 Å². The molecule has 0 saturated carbocycles. The molecule has 0 radical (unpaired) electrons. The minimum absolute atomic E-state index is 0.0283. The molecule has 1 aliphatic heterocycles. The summed E-state index contributed by atoms with van der Waals surface area (Å²) in [6.45, 7) is 0.816. The number of carbonyl (C=O) groups is 1. The van der Waals surface area contributed by atoms with Crippen LogP contribution < -0.4 is 4.74 Å². The van der Waals surface area contributed by atoms with E-state index in [0.717, 1.165) is 30.8 Å². The van der Waals surface area contributed by atoms with Crippen molar-refractivity contribution < 1.29 is 18.3 Å². The summed E-state index contributed by atoms with van der Waals surface area (Å²) >= 11 is 0. The Morgan fingerprint density at radius 1 is 1.00 bits per heavy atom. The number of rotatable bonds is 6. The molecule has 0 unspecified atom stereocenters. The molecule has 0 atom stereocenters. The van der Waals surface area contributed by atoms with Gasteiger partial charge < -0.3 is 9.64 Å². The van der Waals surface area contributed by atoms with Gasteiger partial charge in [-0.25, -0.2) is 0 Å². The van der Waals surface area contributed by atoms with Crippen LogP contribution in [0.25, 0.3) is 0 Å². The molecule has 2 aromatic rings. The van der Waals surface area contributed by atoms with Gasteiger partial charge in [0.15, 0.2) is 0 Å². The lowest BCUT2D eigenvalue weighted by Gasteiger charge is -2.34. The van der Waals surface area contributed by atoms with E-state index in [1.807, 2.05) is 29.2 Å². The lowest BCUT2D eigenvalue weighted by Crippen LogP contribution is -2.48. The highest BCUT2D eigenvalue weighted by Crippen LogP contribution is 2.16. The van der Waals surface area contributed by atoms with Crippen LogP contribution >= 0.6 is 0 Å². The van der Waals surface area contributed by atoms with Crippen LogP contribution in [0, 0.1) is 11.3 Å². The van der Waals surface area contributed by atoms with E-state index in [1.54, 1.807) is 12.1 Å². The highest BCUT2D eigenvalue weighted by Gasteiger charge is 2.21. The summed E-state index contributed by atoms with van der Waals surface area (Å²) < 4.78 is 28.7. The third-order valence-corrected chi connectivity index (χ3v) is 4.72. The Labute approximate surface area is 162 Å². The van der Waals surface area contributed by atoms with E-state index >= 15 is 0 Å². The van der Waals surface area contributed by atoms with Gasteiger partial charge in [0.2, 0.25) is 5.91 Å². The molecule has 3 rings (SSSR count). The fraction of sp³-hybridized carbons (Fsp3) is 0.333. The second-order valence-electron chi connectivity index (χ2n) is 6.66. The fourth-order valence-corrected chi connectivity index (χ4v) is 3.17. The summed E-state index contributed by atoms with van der Waals surface area (Å²) in [5.41, 5.74) is 2.56. The normalized spacial score (nSPS) is 14.7. The van der Waals surface area contributed by atoms with Gasteiger partial charge in [0.05, 0.1) is 18.1 Å². The second kappa shape index (κ2) is 9.29. The Kier molecular flexibility index (Phi) is 6.56. The number of ether oxygens (including phenoxy) is 1. The van der Waals surface area contributed by atoms with Gasteiger partial charge in [-0.3, -0.25) is 9.69 Å². The van der Waals surface area contributed by atoms with Crippen molar-refractivity contribution in [2.24, 2.45) is 0 Å². The van der Waals surface area contributed by atoms with E-state index in [9.17, 15) is 13.6 Å². The number of amides is 1. The molecule has 1 aliphatic rings. The van der Waals surface area contributed by atoms with Crippen LogP contribution in [0.1, 0.15) is 16.7 Å². The maximum atomic E-state index is 12.5. The zero-order chi connectivity index (χ0) is 19.9. The maximum Gasteiger partial charge on any atom is 0.387 e. The van der Waals surface area contributed by atoms with Gasteiger partial charge in [-0.2, -0.15) is 14.0 Å². The molecule has 1 amide bonds. The highest BCUT2D eigenvalue weighted by molar-refractivity contribution is 5.79. The summed E-state index contributed by atoms with van der Waals surface area (Å²) in [4.78, 5) is 16.6. The quantitative estimate of drug-likeness (QED) is 0.767. The molecule has 1 heterocycles. The topological polar surface area (TPSA) is 56.6 Å². The van der Waals surface area contributed by atoms with Crippen molar-refractivity contribution in [2.45, 2.75) is 19.6 Å². The monoisotopic (exact) mass is 385 g/mol. The Morgan fingerprint density at radius 3 is 2.18 bits per heavy atom. The lowest BCUT2D eigenvalue weighted by molar-refractivity contribution is -0.132. The van der Waals surface area contributed by atoms with Gasteiger partial charge in [-0.15, -0.1) is 0 Å². The molecule has 28 heavy (non-hydrogen) atoms. The number of nitrogens with zero attached hydrogens (tertiary/aromatic N) is 3. The molecule has 0 bridgehead atoms. The van der Waals surface area contributed by atoms with Crippen molar-refractivity contribution in [3.05, 3.63) is 65.2 Å². The van der Waals surface area contributed by atoms with Crippen molar-refractivity contribution >= 4 is 5.91 Å². The third-order valence-electron chi connectivity index (χ3n) is 4.72. The zero-order valence-corrected chi connectivity index (χ0v) is 15.4. The van der Waals surface area contributed by atoms with E-state index < -0.39 is 6.61 Å². The van der Waals surface area contributed by atoms with Gasteiger partial charge in [0.1, 0.15) is 5.75 Å². The molecule has 146 valence electrons. The molecule has 0 aliphatic carbocycles. The largest absolute Gasteiger partial charge is 0.435 e. The number of piperazine rings is 1. The van der Waals surface area contributed by atoms with Crippen LogP contribution in [-0.2, 0) is 17.8 Å². The first-order valence-electron chi connectivity index (χ1n) is 9.06. The number of benzene rings is 2. The van der Waals surface area contributed by atoms with Crippen molar-refractivity contribution in [3.8, 4) is 11.8 Å². The van der Waals surface area contributed by atoms with Gasteiger partial charge >= 0.3 is 6.61 Å². The molecule has 1 saturated heterocycles. The zero-order valence-electron chi connectivity index (χ0n) is 15.4. The number of alkyl halides is 2. The summed E-state index contributed by atoms with van der Waals surface area (Å²) in [5.74, 6) is 0.114. The van der Waals surface area contributed by atoms with Crippen LogP contribution in [0.5, 0.6) is 5.75 Å².